The highest BCUT2D eigenvalue weighted by Crippen LogP contribution is 2.26. The average Bonchev–Trinajstić information content (AvgIpc) is 2.79. The third-order valence-corrected chi connectivity index (χ3v) is 3.84. The summed E-state index contributed by atoms with van der Waals surface area (Å²) in [6.45, 7) is 6.32. The van der Waals surface area contributed by atoms with E-state index < -0.39 is 0 Å². The summed E-state index contributed by atoms with van der Waals surface area (Å²) in [5.41, 5.74) is 6.96. The summed E-state index contributed by atoms with van der Waals surface area (Å²) in [7, 11) is 0. The molecule has 0 aliphatic carbocycles. The van der Waals surface area contributed by atoms with Crippen LogP contribution >= 0.6 is 11.6 Å². The van der Waals surface area contributed by atoms with Crippen LogP contribution in [0.2, 0.25) is 0 Å². The standard InChI is InChI=1S/C17H17ClN2/c1-11-4-6-13(3)15(8-11)20-16-9-12(2)5-7-14(16)19-17(20)10-18/h4-9H,10H2,1-3H3. The second-order valence-corrected chi connectivity index (χ2v) is 5.55. The van der Waals surface area contributed by atoms with Crippen LogP contribution in [0.5, 0.6) is 0 Å². The number of imidazole rings is 1. The van der Waals surface area contributed by atoms with Gasteiger partial charge in [-0.15, -0.1) is 11.6 Å². The van der Waals surface area contributed by atoms with Gasteiger partial charge in [-0.05, 0) is 55.7 Å². The number of hydrogen-bond donors (Lipinski definition) is 0. The fourth-order valence-electron chi connectivity index (χ4n) is 2.55. The lowest BCUT2D eigenvalue weighted by atomic mass is 10.1. The summed E-state index contributed by atoms with van der Waals surface area (Å²) in [5.74, 6) is 1.29. The zero-order valence-corrected chi connectivity index (χ0v) is 12.7. The summed E-state index contributed by atoms with van der Waals surface area (Å²) in [6.07, 6.45) is 0. The molecule has 0 radical (unpaired) electrons. The normalized spacial score (nSPS) is 11.2. The quantitative estimate of drug-likeness (QED) is 0.624. The van der Waals surface area contributed by atoms with Crippen LogP contribution in [0.1, 0.15) is 22.5 Å². The van der Waals surface area contributed by atoms with E-state index in [9.17, 15) is 0 Å². The van der Waals surface area contributed by atoms with Crippen molar-refractivity contribution in [1.82, 2.24) is 9.55 Å². The number of nitrogens with zero attached hydrogens (tertiary/aromatic N) is 2. The highest BCUT2D eigenvalue weighted by molar-refractivity contribution is 6.17. The third-order valence-electron chi connectivity index (χ3n) is 3.60. The molecule has 0 saturated heterocycles. The summed E-state index contributed by atoms with van der Waals surface area (Å²) in [6, 6.07) is 12.8. The van der Waals surface area contributed by atoms with Crippen molar-refractivity contribution in [1.29, 1.82) is 0 Å². The van der Waals surface area contributed by atoms with Gasteiger partial charge in [0.2, 0.25) is 0 Å². The Balaban J connectivity index is 2.39. The van der Waals surface area contributed by atoms with Gasteiger partial charge in [-0.25, -0.2) is 4.98 Å². The summed E-state index contributed by atoms with van der Waals surface area (Å²) < 4.78 is 2.18. The van der Waals surface area contributed by atoms with Gasteiger partial charge < -0.3 is 0 Å². The van der Waals surface area contributed by atoms with E-state index in [1.54, 1.807) is 0 Å². The minimum Gasteiger partial charge on any atom is -0.295 e. The molecule has 0 aliphatic heterocycles. The second-order valence-electron chi connectivity index (χ2n) is 5.28. The van der Waals surface area contributed by atoms with E-state index >= 15 is 0 Å². The molecule has 2 nitrogen and oxygen atoms in total. The van der Waals surface area contributed by atoms with Gasteiger partial charge in [0, 0.05) is 0 Å². The first kappa shape index (κ1) is 13.2. The van der Waals surface area contributed by atoms with Gasteiger partial charge in [-0.1, -0.05) is 18.2 Å². The zero-order chi connectivity index (χ0) is 14.3. The van der Waals surface area contributed by atoms with Crippen molar-refractivity contribution in [2.24, 2.45) is 0 Å². The molecule has 2 aromatic carbocycles. The van der Waals surface area contributed by atoms with Crippen molar-refractivity contribution >= 4 is 22.6 Å². The molecule has 3 heteroatoms. The monoisotopic (exact) mass is 284 g/mol. The fourth-order valence-corrected chi connectivity index (χ4v) is 2.73. The molecule has 0 bridgehead atoms. The average molecular weight is 285 g/mol. The van der Waals surface area contributed by atoms with E-state index in [4.69, 9.17) is 11.6 Å². The Kier molecular flexibility index (Phi) is 3.27. The zero-order valence-electron chi connectivity index (χ0n) is 11.9. The Morgan fingerprint density at radius 2 is 1.70 bits per heavy atom. The Bertz CT molecular complexity index is 787. The SMILES string of the molecule is Cc1ccc(C)c(-n2c(CCl)nc3ccc(C)cc32)c1. The maximum atomic E-state index is 6.10. The van der Waals surface area contributed by atoms with Crippen LogP contribution in [0.3, 0.4) is 0 Å². The van der Waals surface area contributed by atoms with Crippen LogP contribution in [-0.2, 0) is 5.88 Å². The van der Waals surface area contributed by atoms with Gasteiger partial charge in [-0.3, -0.25) is 4.57 Å². The lowest BCUT2D eigenvalue weighted by Gasteiger charge is -2.12. The number of benzene rings is 2. The molecule has 3 aromatic rings. The Hall–Kier alpha value is -1.80. The Morgan fingerprint density at radius 1 is 1.00 bits per heavy atom. The largest absolute Gasteiger partial charge is 0.295 e. The van der Waals surface area contributed by atoms with Crippen molar-refractivity contribution in [2.75, 3.05) is 0 Å². The number of hydrogen-bond acceptors (Lipinski definition) is 1. The predicted molar refractivity (Wildman–Crippen MR) is 84.8 cm³/mol. The molecule has 0 spiro atoms. The summed E-state index contributed by atoms with van der Waals surface area (Å²) in [5, 5.41) is 0. The smallest absolute Gasteiger partial charge is 0.129 e. The number of aryl methyl sites for hydroxylation is 3. The number of halogens is 1. The minimum absolute atomic E-state index is 0.404. The first-order chi connectivity index (χ1) is 9.60. The van der Waals surface area contributed by atoms with Crippen molar-refractivity contribution in [3.63, 3.8) is 0 Å². The predicted octanol–water partition coefficient (Wildman–Crippen LogP) is 4.69. The number of aromatic nitrogens is 2. The molecule has 0 saturated carbocycles. The van der Waals surface area contributed by atoms with E-state index in [1.165, 1.54) is 16.7 Å². The molecule has 0 N–H and O–H groups in total. The van der Waals surface area contributed by atoms with E-state index in [-0.39, 0.29) is 0 Å². The maximum Gasteiger partial charge on any atom is 0.129 e. The highest BCUT2D eigenvalue weighted by atomic mass is 35.5. The summed E-state index contributed by atoms with van der Waals surface area (Å²) in [4.78, 5) is 4.65. The summed E-state index contributed by atoms with van der Waals surface area (Å²) >= 11 is 6.10. The van der Waals surface area contributed by atoms with Gasteiger partial charge >= 0.3 is 0 Å². The van der Waals surface area contributed by atoms with E-state index in [1.807, 2.05) is 0 Å². The first-order valence-electron chi connectivity index (χ1n) is 6.71. The topological polar surface area (TPSA) is 17.8 Å². The molecule has 102 valence electrons. The van der Waals surface area contributed by atoms with Crippen LogP contribution < -0.4 is 0 Å². The lowest BCUT2D eigenvalue weighted by Crippen LogP contribution is -2.02. The molecule has 0 atom stereocenters. The van der Waals surface area contributed by atoms with Crippen LogP contribution in [0.4, 0.5) is 0 Å². The molecule has 20 heavy (non-hydrogen) atoms. The third kappa shape index (κ3) is 2.10. The fraction of sp³-hybridized carbons (Fsp3) is 0.235. The number of alkyl halides is 1. The molecule has 0 fully saturated rings. The van der Waals surface area contributed by atoms with Crippen LogP contribution in [0.25, 0.3) is 16.7 Å². The molecule has 0 amide bonds. The van der Waals surface area contributed by atoms with E-state index in [0.29, 0.717) is 5.88 Å². The van der Waals surface area contributed by atoms with Crippen LogP contribution in [0.15, 0.2) is 36.4 Å². The van der Waals surface area contributed by atoms with Gasteiger partial charge in [0.1, 0.15) is 5.82 Å². The van der Waals surface area contributed by atoms with Gasteiger partial charge in [0.05, 0.1) is 22.6 Å². The molecule has 1 aromatic heterocycles. The maximum absolute atomic E-state index is 6.10. The minimum atomic E-state index is 0.404. The molecule has 3 rings (SSSR count). The lowest BCUT2D eigenvalue weighted by molar-refractivity contribution is 0.970. The van der Waals surface area contributed by atoms with Gasteiger partial charge in [0.15, 0.2) is 0 Å². The van der Waals surface area contributed by atoms with Crippen molar-refractivity contribution in [3.05, 3.63) is 58.9 Å². The van der Waals surface area contributed by atoms with Crippen molar-refractivity contribution < 1.29 is 0 Å². The van der Waals surface area contributed by atoms with Crippen LogP contribution in [-0.4, -0.2) is 9.55 Å². The molecule has 0 aliphatic rings. The van der Waals surface area contributed by atoms with Gasteiger partial charge in [-0.2, -0.15) is 0 Å². The molecule has 1 heterocycles. The highest BCUT2D eigenvalue weighted by Gasteiger charge is 2.13. The van der Waals surface area contributed by atoms with E-state index in [0.717, 1.165) is 22.5 Å². The molecular formula is C17H17ClN2. The number of rotatable bonds is 2. The number of fused-ring (bicyclic) bond motifs is 1. The van der Waals surface area contributed by atoms with E-state index in [2.05, 4.69) is 66.7 Å². The first-order valence-corrected chi connectivity index (χ1v) is 7.25. The molecular weight excluding hydrogens is 268 g/mol. The Morgan fingerprint density at radius 3 is 2.45 bits per heavy atom. The van der Waals surface area contributed by atoms with Gasteiger partial charge in [0.25, 0.3) is 0 Å². The van der Waals surface area contributed by atoms with Crippen LogP contribution in [0, 0.1) is 20.8 Å². The molecule has 0 unspecified atom stereocenters. The second kappa shape index (κ2) is 4.95. The van der Waals surface area contributed by atoms with Crippen molar-refractivity contribution in [2.45, 2.75) is 26.7 Å². The van der Waals surface area contributed by atoms with Crippen molar-refractivity contribution in [3.8, 4) is 5.69 Å². The Labute approximate surface area is 124 Å².